The van der Waals surface area contributed by atoms with Crippen LogP contribution in [0.15, 0.2) is 30.3 Å². The molecule has 1 aromatic rings. The molecule has 1 aromatic carbocycles. The van der Waals surface area contributed by atoms with Gasteiger partial charge in [-0.2, -0.15) is 0 Å². The molecule has 0 spiro atoms. The van der Waals surface area contributed by atoms with Crippen LogP contribution in [0.25, 0.3) is 0 Å². The molecule has 0 aliphatic heterocycles. The van der Waals surface area contributed by atoms with E-state index in [4.69, 9.17) is 0 Å². The summed E-state index contributed by atoms with van der Waals surface area (Å²) in [5.74, 6) is 0. The molecule has 0 amide bonds. The Bertz CT molecular complexity index is 236. The normalized spacial score (nSPS) is 11.6. The molecule has 1 heteroatoms. The van der Waals surface area contributed by atoms with Gasteiger partial charge in [0.05, 0.1) is 0 Å². The van der Waals surface area contributed by atoms with Gasteiger partial charge in [0.2, 0.25) is 0 Å². The van der Waals surface area contributed by atoms with Gasteiger partial charge in [-0.1, -0.05) is 18.2 Å². The Labute approximate surface area is 68.0 Å². The van der Waals surface area contributed by atoms with Gasteiger partial charge in [-0.25, -0.2) is 4.58 Å². The van der Waals surface area contributed by atoms with Gasteiger partial charge < -0.3 is 0 Å². The molecule has 0 N–H and O–H groups in total. The van der Waals surface area contributed by atoms with Crippen molar-refractivity contribution in [3.8, 4) is 0 Å². The van der Waals surface area contributed by atoms with Crippen LogP contribution in [0.4, 0.5) is 0 Å². The molecule has 0 aliphatic carbocycles. The lowest BCUT2D eigenvalue weighted by molar-refractivity contribution is -0.488. The van der Waals surface area contributed by atoms with Crippen LogP contribution in [0.3, 0.4) is 0 Å². The van der Waals surface area contributed by atoms with Crippen molar-refractivity contribution < 1.29 is 4.58 Å². The third-order valence-electron chi connectivity index (χ3n) is 1.67. The van der Waals surface area contributed by atoms with Gasteiger partial charge in [0.15, 0.2) is 6.21 Å². The lowest BCUT2D eigenvalue weighted by Crippen LogP contribution is -2.05. The van der Waals surface area contributed by atoms with E-state index in [1.54, 1.807) is 0 Å². The molecule has 0 unspecified atom stereocenters. The van der Waals surface area contributed by atoms with Gasteiger partial charge in [-0.15, -0.1) is 0 Å². The standard InChI is InChI=1S/C10H14N/c1-3-11(2)9-10-7-5-4-6-8-10/h4-9H,3H2,1-2H3/q+1. The Morgan fingerprint density at radius 3 is 2.45 bits per heavy atom. The van der Waals surface area contributed by atoms with Crippen LogP contribution in [0.5, 0.6) is 0 Å². The highest BCUT2D eigenvalue weighted by atomic mass is 14.9. The topological polar surface area (TPSA) is 3.01 Å². The van der Waals surface area contributed by atoms with E-state index in [1.165, 1.54) is 5.56 Å². The Morgan fingerprint density at radius 2 is 1.91 bits per heavy atom. The summed E-state index contributed by atoms with van der Waals surface area (Å²) in [6.07, 6.45) is 2.14. The van der Waals surface area contributed by atoms with Crippen molar-refractivity contribution in [1.82, 2.24) is 0 Å². The predicted molar refractivity (Wildman–Crippen MR) is 48.3 cm³/mol. The summed E-state index contributed by atoms with van der Waals surface area (Å²) in [6.45, 7) is 3.19. The fraction of sp³-hybridized carbons (Fsp3) is 0.300. The highest BCUT2D eigenvalue weighted by molar-refractivity contribution is 5.75. The van der Waals surface area contributed by atoms with Crippen molar-refractivity contribution in [2.24, 2.45) is 0 Å². The maximum Gasteiger partial charge on any atom is 0.170 e. The highest BCUT2D eigenvalue weighted by Crippen LogP contribution is 1.92. The van der Waals surface area contributed by atoms with E-state index >= 15 is 0 Å². The lowest BCUT2D eigenvalue weighted by atomic mass is 10.2. The molecule has 0 aliphatic rings. The van der Waals surface area contributed by atoms with Crippen LogP contribution >= 0.6 is 0 Å². The average molecular weight is 148 g/mol. The van der Waals surface area contributed by atoms with Crippen molar-refractivity contribution >= 4 is 6.21 Å². The van der Waals surface area contributed by atoms with Gasteiger partial charge in [-0.05, 0) is 19.1 Å². The number of benzene rings is 1. The maximum absolute atomic E-state index is 2.16. The molecule has 0 saturated heterocycles. The average Bonchev–Trinajstić information content (AvgIpc) is 2.06. The number of hydrogen-bond acceptors (Lipinski definition) is 0. The summed E-state index contributed by atoms with van der Waals surface area (Å²) >= 11 is 0. The molecule has 0 bridgehead atoms. The highest BCUT2D eigenvalue weighted by Gasteiger charge is 1.91. The smallest absolute Gasteiger partial charge is 0.170 e. The minimum Gasteiger partial charge on any atom is -0.238 e. The van der Waals surface area contributed by atoms with E-state index in [9.17, 15) is 0 Å². The first-order valence-corrected chi connectivity index (χ1v) is 3.93. The van der Waals surface area contributed by atoms with Crippen molar-refractivity contribution in [3.05, 3.63) is 35.9 Å². The van der Waals surface area contributed by atoms with Crippen LogP contribution in [-0.4, -0.2) is 24.4 Å². The quantitative estimate of drug-likeness (QED) is 0.444. The SMILES string of the molecule is CC[N+](C)=Cc1ccccc1. The van der Waals surface area contributed by atoms with Crippen molar-refractivity contribution in [1.29, 1.82) is 0 Å². The van der Waals surface area contributed by atoms with Gasteiger partial charge in [0.1, 0.15) is 13.6 Å². The van der Waals surface area contributed by atoms with Gasteiger partial charge >= 0.3 is 0 Å². The molecule has 0 saturated carbocycles. The first-order valence-electron chi connectivity index (χ1n) is 3.93. The zero-order valence-electron chi connectivity index (χ0n) is 7.12. The van der Waals surface area contributed by atoms with E-state index in [0.717, 1.165) is 6.54 Å². The van der Waals surface area contributed by atoms with Crippen LogP contribution < -0.4 is 0 Å². The number of hydrogen-bond donors (Lipinski definition) is 0. The Balaban J connectivity index is 2.79. The summed E-state index contributed by atoms with van der Waals surface area (Å²) in [5.41, 5.74) is 1.26. The van der Waals surface area contributed by atoms with Gasteiger partial charge in [-0.3, -0.25) is 0 Å². The zero-order chi connectivity index (χ0) is 8.10. The zero-order valence-corrected chi connectivity index (χ0v) is 7.12. The van der Waals surface area contributed by atoms with Crippen LogP contribution in [0.2, 0.25) is 0 Å². The molecule has 0 aromatic heterocycles. The number of rotatable bonds is 2. The van der Waals surface area contributed by atoms with Crippen molar-refractivity contribution in [3.63, 3.8) is 0 Å². The molecule has 1 rings (SSSR count). The van der Waals surface area contributed by atoms with Gasteiger partial charge in [0.25, 0.3) is 0 Å². The molecule has 1 nitrogen and oxygen atoms in total. The van der Waals surface area contributed by atoms with Crippen LogP contribution in [-0.2, 0) is 0 Å². The van der Waals surface area contributed by atoms with Crippen molar-refractivity contribution in [2.75, 3.05) is 13.6 Å². The molecule has 0 heterocycles. The predicted octanol–water partition coefficient (Wildman–Crippen LogP) is 1.77. The molecule has 58 valence electrons. The van der Waals surface area contributed by atoms with E-state index < -0.39 is 0 Å². The minimum absolute atomic E-state index is 1.05. The van der Waals surface area contributed by atoms with Crippen LogP contribution in [0.1, 0.15) is 12.5 Å². The molecular weight excluding hydrogens is 134 g/mol. The van der Waals surface area contributed by atoms with Gasteiger partial charge in [0, 0.05) is 5.56 Å². The van der Waals surface area contributed by atoms with E-state index in [2.05, 4.69) is 49.0 Å². The maximum atomic E-state index is 2.16. The van der Waals surface area contributed by atoms with E-state index in [0.29, 0.717) is 0 Å². The largest absolute Gasteiger partial charge is 0.238 e. The van der Waals surface area contributed by atoms with E-state index in [-0.39, 0.29) is 0 Å². The number of nitrogens with zero attached hydrogens (tertiary/aromatic N) is 1. The fourth-order valence-corrected chi connectivity index (χ4v) is 0.885. The molecule has 0 radical (unpaired) electrons. The fourth-order valence-electron chi connectivity index (χ4n) is 0.885. The monoisotopic (exact) mass is 148 g/mol. The van der Waals surface area contributed by atoms with E-state index in [1.807, 2.05) is 6.07 Å². The molecule has 0 fully saturated rings. The second-order valence-corrected chi connectivity index (χ2v) is 2.61. The minimum atomic E-state index is 1.05. The Morgan fingerprint density at radius 1 is 1.27 bits per heavy atom. The third-order valence-corrected chi connectivity index (χ3v) is 1.67. The summed E-state index contributed by atoms with van der Waals surface area (Å²) in [7, 11) is 2.08. The Hall–Kier alpha value is -1.11. The molecule has 0 atom stereocenters. The third kappa shape index (κ3) is 2.54. The first-order chi connectivity index (χ1) is 5.33. The summed E-state index contributed by atoms with van der Waals surface area (Å²) in [4.78, 5) is 0. The second kappa shape index (κ2) is 3.91. The summed E-state index contributed by atoms with van der Waals surface area (Å²) in [6, 6.07) is 10.3. The first kappa shape index (κ1) is 7.99. The second-order valence-electron chi connectivity index (χ2n) is 2.61. The van der Waals surface area contributed by atoms with Crippen molar-refractivity contribution in [2.45, 2.75) is 6.92 Å². The Kier molecular flexibility index (Phi) is 2.84. The molecular formula is C10H14N+. The lowest BCUT2D eigenvalue weighted by Gasteiger charge is -1.91. The summed E-state index contributed by atoms with van der Waals surface area (Å²) in [5, 5.41) is 0. The van der Waals surface area contributed by atoms with Crippen LogP contribution in [0, 0.1) is 0 Å². The summed E-state index contributed by atoms with van der Waals surface area (Å²) < 4.78 is 2.16. The molecule has 11 heavy (non-hydrogen) atoms.